The van der Waals surface area contributed by atoms with E-state index < -0.39 is 9.84 Å². The minimum atomic E-state index is -3.06. The van der Waals surface area contributed by atoms with E-state index in [2.05, 4.69) is 10.6 Å². The highest BCUT2D eigenvalue weighted by atomic mass is 32.2. The summed E-state index contributed by atoms with van der Waals surface area (Å²) in [6.07, 6.45) is 0.0961. The Hall–Kier alpha value is -1.47. The van der Waals surface area contributed by atoms with Gasteiger partial charge in [-0.25, -0.2) is 12.8 Å². The molecule has 0 radical (unpaired) electrons. The summed E-state index contributed by atoms with van der Waals surface area (Å²) >= 11 is 0. The lowest BCUT2D eigenvalue weighted by molar-refractivity contribution is -0.122. The van der Waals surface area contributed by atoms with Crippen molar-refractivity contribution in [3.05, 3.63) is 35.6 Å². The summed E-state index contributed by atoms with van der Waals surface area (Å²) in [4.78, 5) is 12.0. The number of benzene rings is 1. The molecule has 116 valence electrons. The Morgan fingerprint density at radius 2 is 2.29 bits per heavy atom. The molecule has 1 unspecified atom stereocenters. The molecule has 2 N–H and O–H groups in total. The summed E-state index contributed by atoms with van der Waals surface area (Å²) in [7, 11) is -3.06. The van der Waals surface area contributed by atoms with Gasteiger partial charge in [-0.15, -0.1) is 0 Å². The Morgan fingerprint density at radius 1 is 1.52 bits per heavy atom. The van der Waals surface area contributed by atoms with Crippen molar-refractivity contribution in [2.75, 3.05) is 18.1 Å². The second-order valence-electron chi connectivity index (χ2n) is 5.31. The molecule has 1 aromatic rings. The molecule has 1 fully saturated rings. The maximum absolute atomic E-state index is 13.1. The van der Waals surface area contributed by atoms with E-state index >= 15 is 0 Å². The van der Waals surface area contributed by atoms with Crippen LogP contribution >= 0.6 is 0 Å². The fourth-order valence-corrected chi connectivity index (χ4v) is 3.83. The van der Waals surface area contributed by atoms with Crippen LogP contribution < -0.4 is 10.6 Å². The monoisotopic (exact) mass is 314 g/mol. The number of nitrogens with one attached hydrogen (secondary N) is 2. The van der Waals surface area contributed by atoms with Gasteiger partial charge in [0, 0.05) is 19.0 Å². The van der Waals surface area contributed by atoms with Crippen LogP contribution in [-0.2, 0) is 14.6 Å². The van der Waals surface area contributed by atoms with Crippen LogP contribution in [-0.4, -0.2) is 38.4 Å². The molecule has 0 spiro atoms. The number of carbonyl (C=O) groups excluding carboxylic acids is 1. The van der Waals surface area contributed by atoms with Crippen LogP contribution in [0.4, 0.5) is 4.39 Å². The van der Waals surface area contributed by atoms with Gasteiger partial charge in [0.15, 0.2) is 9.84 Å². The molecule has 1 saturated heterocycles. The molecule has 1 amide bonds. The number of halogens is 1. The molecule has 7 heteroatoms. The van der Waals surface area contributed by atoms with Gasteiger partial charge < -0.3 is 10.6 Å². The number of carbonyl (C=O) groups is 1. The van der Waals surface area contributed by atoms with Crippen LogP contribution in [0.3, 0.4) is 0 Å². The Kier molecular flexibility index (Phi) is 4.95. The third-order valence-electron chi connectivity index (χ3n) is 3.46. The van der Waals surface area contributed by atoms with E-state index in [4.69, 9.17) is 0 Å². The van der Waals surface area contributed by atoms with Gasteiger partial charge in [-0.3, -0.25) is 4.79 Å². The van der Waals surface area contributed by atoms with E-state index in [0.29, 0.717) is 12.1 Å². The van der Waals surface area contributed by atoms with Crippen LogP contribution in [0.25, 0.3) is 0 Å². The van der Waals surface area contributed by atoms with Gasteiger partial charge in [-0.2, -0.15) is 0 Å². The van der Waals surface area contributed by atoms with E-state index in [0.717, 1.165) is 0 Å². The third-order valence-corrected chi connectivity index (χ3v) is 5.20. The van der Waals surface area contributed by atoms with Crippen LogP contribution in [0.2, 0.25) is 0 Å². The molecule has 5 nitrogen and oxygen atoms in total. The average Bonchev–Trinajstić information content (AvgIpc) is 2.37. The van der Waals surface area contributed by atoms with Crippen molar-refractivity contribution in [2.45, 2.75) is 25.4 Å². The first kappa shape index (κ1) is 15.9. The lowest BCUT2D eigenvalue weighted by atomic mass is 10.1. The fraction of sp³-hybridized carbons (Fsp3) is 0.500. The van der Waals surface area contributed by atoms with Crippen LogP contribution in [0, 0.1) is 5.82 Å². The van der Waals surface area contributed by atoms with E-state index in [-0.39, 0.29) is 41.7 Å². The number of hydrogen-bond donors (Lipinski definition) is 2. The number of rotatable bonds is 4. The van der Waals surface area contributed by atoms with Gasteiger partial charge in [0.25, 0.3) is 0 Å². The minimum absolute atomic E-state index is 0.0191. The van der Waals surface area contributed by atoms with Gasteiger partial charge in [0.1, 0.15) is 5.82 Å². The first-order chi connectivity index (χ1) is 9.85. The molecule has 21 heavy (non-hydrogen) atoms. The Bertz CT molecular complexity index is 618. The molecule has 1 aromatic carbocycles. The summed E-state index contributed by atoms with van der Waals surface area (Å²) in [5.41, 5.74) is 0.674. The van der Waals surface area contributed by atoms with Crippen LogP contribution in [0.15, 0.2) is 24.3 Å². The molecule has 2 rings (SSSR count). The zero-order chi connectivity index (χ0) is 15.5. The molecule has 2 atom stereocenters. The van der Waals surface area contributed by atoms with Crippen molar-refractivity contribution in [3.63, 3.8) is 0 Å². The van der Waals surface area contributed by atoms with Crippen molar-refractivity contribution in [1.82, 2.24) is 10.6 Å². The number of amides is 1. The molecule has 1 heterocycles. The Morgan fingerprint density at radius 3 is 2.95 bits per heavy atom. The van der Waals surface area contributed by atoms with Gasteiger partial charge in [-0.1, -0.05) is 12.1 Å². The third kappa shape index (κ3) is 4.78. The maximum Gasteiger partial charge on any atom is 0.222 e. The van der Waals surface area contributed by atoms with E-state index in [1.54, 1.807) is 19.1 Å². The second-order valence-corrected chi connectivity index (χ2v) is 7.54. The molecule has 1 aliphatic rings. The minimum Gasteiger partial charge on any atom is -0.350 e. The lowest BCUT2D eigenvalue weighted by Crippen LogP contribution is -2.47. The van der Waals surface area contributed by atoms with Gasteiger partial charge >= 0.3 is 0 Å². The molecule has 1 aliphatic heterocycles. The smallest absolute Gasteiger partial charge is 0.222 e. The maximum atomic E-state index is 13.1. The van der Waals surface area contributed by atoms with Crippen LogP contribution in [0.5, 0.6) is 0 Å². The summed E-state index contributed by atoms with van der Waals surface area (Å²) in [5.74, 6) is -0.505. The molecule has 0 aliphatic carbocycles. The first-order valence-corrected chi connectivity index (χ1v) is 8.66. The molecular weight excluding hydrogens is 295 g/mol. The highest BCUT2D eigenvalue weighted by Crippen LogP contribution is 2.14. The molecule has 0 saturated carbocycles. The first-order valence-electron chi connectivity index (χ1n) is 6.84. The predicted molar refractivity (Wildman–Crippen MR) is 78.0 cm³/mol. The summed E-state index contributed by atoms with van der Waals surface area (Å²) in [6.45, 7) is 2.14. The average molecular weight is 314 g/mol. The van der Waals surface area contributed by atoms with Crippen molar-refractivity contribution in [2.24, 2.45) is 0 Å². The highest BCUT2D eigenvalue weighted by molar-refractivity contribution is 7.91. The topological polar surface area (TPSA) is 75.3 Å². The SMILES string of the molecule is C[C@H](NC(=O)CC1CS(=O)(=O)CCN1)c1cccc(F)c1. The quantitative estimate of drug-likeness (QED) is 0.861. The Balaban J connectivity index is 1.89. The number of sulfone groups is 1. The van der Waals surface area contributed by atoms with E-state index in [9.17, 15) is 17.6 Å². The normalized spacial score (nSPS) is 22.5. The largest absolute Gasteiger partial charge is 0.350 e. The van der Waals surface area contributed by atoms with Crippen molar-refractivity contribution in [3.8, 4) is 0 Å². The molecule has 0 bridgehead atoms. The molecular formula is C14H19FN2O3S. The summed E-state index contributed by atoms with van der Waals surface area (Å²) in [5, 5.41) is 5.79. The fourth-order valence-electron chi connectivity index (χ4n) is 2.38. The van der Waals surface area contributed by atoms with Crippen LogP contribution in [0.1, 0.15) is 24.9 Å². The molecule has 0 aromatic heterocycles. The zero-order valence-electron chi connectivity index (χ0n) is 11.8. The van der Waals surface area contributed by atoms with Crippen molar-refractivity contribution < 1.29 is 17.6 Å². The second kappa shape index (κ2) is 6.53. The van der Waals surface area contributed by atoms with Crippen molar-refractivity contribution in [1.29, 1.82) is 0 Å². The van der Waals surface area contributed by atoms with Gasteiger partial charge in [0.05, 0.1) is 17.5 Å². The van der Waals surface area contributed by atoms with E-state index in [1.165, 1.54) is 12.1 Å². The van der Waals surface area contributed by atoms with E-state index in [1.807, 2.05) is 0 Å². The van der Waals surface area contributed by atoms with Gasteiger partial charge in [0.2, 0.25) is 5.91 Å². The van der Waals surface area contributed by atoms with Gasteiger partial charge in [-0.05, 0) is 24.6 Å². The summed E-state index contributed by atoms with van der Waals surface area (Å²) < 4.78 is 36.2. The Labute approximate surface area is 123 Å². The highest BCUT2D eigenvalue weighted by Gasteiger charge is 2.26. The lowest BCUT2D eigenvalue weighted by Gasteiger charge is -2.24. The predicted octanol–water partition coefficient (Wildman–Crippen LogP) is 0.780. The van der Waals surface area contributed by atoms with Crippen molar-refractivity contribution >= 4 is 15.7 Å². The zero-order valence-corrected chi connectivity index (χ0v) is 12.6. The summed E-state index contributed by atoms with van der Waals surface area (Å²) in [6, 6.07) is 5.35. The number of hydrogen-bond acceptors (Lipinski definition) is 4. The standard InChI is InChI=1S/C14H19FN2O3S/c1-10(11-3-2-4-12(15)7-11)17-14(18)8-13-9-21(19,20)6-5-16-13/h2-4,7,10,13,16H,5-6,8-9H2,1H3,(H,17,18)/t10-,13?/m0/s1.